The summed E-state index contributed by atoms with van der Waals surface area (Å²) in [5.41, 5.74) is 5.79. The first kappa shape index (κ1) is 7.07. The number of hydrogen-bond donors (Lipinski definition) is 1. The maximum Gasteiger partial charge on any atom is 0.00413 e. The molecule has 1 nitrogen and oxygen atoms in total. The van der Waals surface area contributed by atoms with Gasteiger partial charge in [-0.25, -0.2) is 0 Å². The highest BCUT2D eigenvalue weighted by Gasteiger charge is 2.25. The van der Waals surface area contributed by atoms with E-state index in [1.165, 1.54) is 19.3 Å². The molecule has 0 aromatic heterocycles. The average molecular weight is 127 g/mol. The molecule has 9 heavy (non-hydrogen) atoms. The second-order valence-corrected chi connectivity index (χ2v) is 3.43. The van der Waals surface area contributed by atoms with Crippen LogP contribution in [0, 0.1) is 11.8 Å². The van der Waals surface area contributed by atoms with Gasteiger partial charge < -0.3 is 5.73 Å². The van der Waals surface area contributed by atoms with E-state index in [9.17, 15) is 0 Å². The Morgan fingerprint density at radius 3 is 2.33 bits per heavy atom. The van der Waals surface area contributed by atoms with Crippen molar-refractivity contribution < 1.29 is 0 Å². The smallest absolute Gasteiger partial charge is 0.00413 e. The van der Waals surface area contributed by atoms with Crippen LogP contribution in [-0.2, 0) is 0 Å². The first-order chi connectivity index (χ1) is 4.22. The molecule has 0 aromatic carbocycles. The van der Waals surface area contributed by atoms with Crippen molar-refractivity contribution in [3.63, 3.8) is 0 Å². The molecule has 1 aliphatic rings. The molecule has 0 aliphatic heterocycles. The standard InChI is InChI=1S/C8H17N/c1-6-4-3-5-8(6)7(2)9/h6-8H,3-5,9H2,1-2H3/t6-,7?,8?/m0/s1. The van der Waals surface area contributed by atoms with Crippen LogP contribution < -0.4 is 5.73 Å². The minimum absolute atomic E-state index is 0.419. The summed E-state index contributed by atoms with van der Waals surface area (Å²) >= 11 is 0. The molecule has 3 atom stereocenters. The lowest BCUT2D eigenvalue weighted by Crippen LogP contribution is -2.27. The number of hydrogen-bond acceptors (Lipinski definition) is 1. The molecule has 1 saturated carbocycles. The van der Waals surface area contributed by atoms with Crippen LogP contribution in [0.3, 0.4) is 0 Å². The summed E-state index contributed by atoms with van der Waals surface area (Å²) < 4.78 is 0. The molecule has 0 spiro atoms. The molecule has 2 unspecified atom stereocenters. The van der Waals surface area contributed by atoms with Gasteiger partial charge in [0.1, 0.15) is 0 Å². The molecule has 0 radical (unpaired) electrons. The topological polar surface area (TPSA) is 26.0 Å². The van der Waals surface area contributed by atoms with Gasteiger partial charge in [-0.2, -0.15) is 0 Å². The fraction of sp³-hybridized carbons (Fsp3) is 1.00. The third-order valence-corrected chi connectivity index (χ3v) is 2.60. The van der Waals surface area contributed by atoms with E-state index in [1.807, 2.05) is 0 Å². The summed E-state index contributed by atoms with van der Waals surface area (Å²) in [6, 6.07) is 0.419. The fourth-order valence-corrected chi connectivity index (χ4v) is 1.96. The van der Waals surface area contributed by atoms with Crippen molar-refractivity contribution in [2.24, 2.45) is 17.6 Å². The summed E-state index contributed by atoms with van der Waals surface area (Å²) in [5.74, 6) is 1.69. The quantitative estimate of drug-likeness (QED) is 0.570. The van der Waals surface area contributed by atoms with Crippen molar-refractivity contribution in [2.45, 2.75) is 39.2 Å². The van der Waals surface area contributed by atoms with Gasteiger partial charge in [0, 0.05) is 6.04 Å². The maximum atomic E-state index is 5.79. The first-order valence-corrected chi connectivity index (χ1v) is 3.97. The van der Waals surface area contributed by atoms with Crippen molar-refractivity contribution in [3.8, 4) is 0 Å². The molecule has 0 amide bonds. The van der Waals surface area contributed by atoms with Gasteiger partial charge in [0.25, 0.3) is 0 Å². The molecule has 0 aromatic rings. The van der Waals surface area contributed by atoms with E-state index in [1.54, 1.807) is 0 Å². The molecule has 0 bridgehead atoms. The maximum absolute atomic E-state index is 5.79. The van der Waals surface area contributed by atoms with E-state index in [4.69, 9.17) is 5.73 Å². The van der Waals surface area contributed by atoms with E-state index in [0.29, 0.717) is 6.04 Å². The summed E-state index contributed by atoms with van der Waals surface area (Å²) in [6.45, 7) is 4.45. The van der Waals surface area contributed by atoms with Crippen molar-refractivity contribution in [2.75, 3.05) is 0 Å². The average Bonchev–Trinajstić information content (AvgIpc) is 2.13. The Hall–Kier alpha value is -0.0400. The Bertz CT molecular complexity index is 88.6. The van der Waals surface area contributed by atoms with E-state index in [-0.39, 0.29) is 0 Å². The van der Waals surface area contributed by atoms with Gasteiger partial charge in [-0.1, -0.05) is 19.8 Å². The molecule has 1 rings (SSSR count). The molecular formula is C8H17N. The van der Waals surface area contributed by atoms with Crippen molar-refractivity contribution >= 4 is 0 Å². The second kappa shape index (κ2) is 2.70. The van der Waals surface area contributed by atoms with Gasteiger partial charge in [-0.3, -0.25) is 0 Å². The SMILES string of the molecule is CC(N)C1CCC[C@@H]1C. The van der Waals surface area contributed by atoms with Crippen molar-refractivity contribution in [3.05, 3.63) is 0 Å². The van der Waals surface area contributed by atoms with Crippen LogP contribution in [0.2, 0.25) is 0 Å². The highest BCUT2D eigenvalue weighted by molar-refractivity contribution is 4.79. The van der Waals surface area contributed by atoms with Crippen LogP contribution in [-0.4, -0.2) is 6.04 Å². The van der Waals surface area contributed by atoms with Crippen LogP contribution >= 0.6 is 0 Å². The molecule has 0 saturated heterocycles. The first-order valence-electron chi connectivity index (χ1n) is 3.97. The Balaban J connectivity index is 2.40. The molecule has 1 aliphatic carbocycles. The van der Waals surface area contributed by atoms with Gasteiger partial charge in [0.15, 0.2) is 0 Å². The predicted molar refractivity (Wildman–Crippen MR) is 40.2 cm³/mol. The van der Waals surface area contributed by atoms with Crippen molar-refractivity contribution in [1.82, 2.24) is 0 Å². The summed E-state index contributed by atoms with van der Waals surface area (Å²) in [4.78, 5) is 0. The lowest BCUT2D eigenvalue weighted by Gasteiger charge is -2.18. The molecular weight excluding hydrogens is 110 g/mol. The number of rotatable bonds is 1. The molecule has 1 heteroatoms. The third kappa shape index (κ3) is 1.45. The minimum atomic E-state index is 0.419. The normalized spacial score (nSPS) is 39.0. The second-order valence-electron chi connectivity index (χ2n) is 3.43. The Kier molecular flexibility index (Phi) is 2.12. The van der Waals surface area contributed by atoms with Crippen LogP contribution in [0.1, 0.15) is 33.1 Å². The van der Waals surface area contributed by atoms with Crippen LogP contribution in [0.15, 0.2) is 0 Å². The predicted octanol–water partition coefficient (Wildman–Crippen LogP) is 1.77. The highest BCUT2D eigenvalue weighted by atomic mass is 14.6. The lowest BCUT2D eigenvalue weighted by atomic mass is 9.92. The van der Waals surface area contributed by atoms with E-state index < -0.39 is 0 Å². The zero-order valence-electron chi connectivity index (χ0n) is 6.43. The van der Waals surface area contributed by atoms with E-state index in [2.05, 4.69) is 13.8 Å². The van der Waals surface area contributed by atoms with Crippen LogP contribution in [0.5, 0.6) is 0 Å². The van der Waals surface area contributed by atoms with Crippen LogP contribution in [0.4, 0.5) is 0 Å². The minimum Gasteiger partial charge on any atom is -0.328 e. The summed E-state index contributed by atoms with van der Waals surface area (Å²) in [7, 11) is 0. The number of nitrogens with two attached hydrogens (primary N) is 1. The monoisotopic (exact) mass is 127 g/mol. The van der Waals surface area contributed by atoms with E-state index in [0.717, 1.165) is 11.8 Å². The van der Waals surface area contributed by atoms with Gasteiger partial charge in [-0.15, -0.1) is 0 Å². The van der Waals surface area contributed by atoms with Crippen LogP contribution in [0.25, 0.3) is 0 Å². The third-order valence-electron chi connectivity index (χ3n) is 2.60. The molecule has 2 N–H and O–H groups in total. The summed E-state index contributed by atoms with van der Waals surface area (Å²) in [5, 5.41) is 0. The Morgan fingerprint density at radius 1 is 1.44 bits per heavy atom. The zero-order chi connectivity index (χ0) is 6.85. The lowest BCUT2D eigenvalue weighted by molar-refractivity contribution is 0.361. The fourth-order valence-electron chi connectivity index (χ4n) is 1.96. The molecule has 1 fully saturated rings. The molecule has 0 heterocycles. The Morgan fingerprint density at radius 2 is 2.11 bits per heavy atom. The zero-order valence-corrected chi connectivity index (χ0v) is 6.43. The van der Waals surface area contributed by atoms with Gasteiger partial charge >= 0.3 is 0 Å². The van der Waals surface area contributed by atoms with Gasteiger partial charge in [-0.05, 0) is 25.2 Å². The largest absolute Gasteiger partial charge is 0.328 e. The Labute approximate surface area is 57.6 Å². The van der Waals surface area contributed by atoms with Gasteiger partial charge in [0.2, 0.25) is 0 Å². The van der Waals surface area contributed by atoms with Gasteiger partial charge in [0.05, 0.1) is 0 Å². The van der Waals surface area contributed by atoms with Crippen molar-refractivity contribution in [1.29, 1.82) is 0 Å². The summed E-state index contributed by atoms with van der Waals surface area (Å²) in [6.07, 6.45) is 4.15. The molecule has 54 valence electrons. The van der Waals surface area contributed by atoms with E-state index >= 15 is 0 Å². The highest BCUT2D eigenvalue weighted by Crippen LogP contribution is 2.32.